The zero-order valence-electron chi connectivity index (χ0n) is 17.9. The van der Waals surface area contributed by atoms with E-state index in [2.05, 4.69) is 45.6 Å². The van der Waals surface area contributed by atoms with E-state index in [4.69, 9.17) is 0 Å². The Bertz CT molecular complexity index is 646. The van der Waals surface area contributed by atoms with Crippen LogP contribution >= 0.6 is 0 Å². The summed E-state index contributed by atoms with van der Waals surface area (Å²) >= 11 is 0. The molecule has 2 rings (SSSR count). The zero-order valence-corrected chi connectivity index (χ0v) is 17.9. The van der Waals surface area contributed by atoms with Gasteiger partial charge < -0.3 is 15.5 Å². The Morgan fingerprint density at radius 2 is 1.57 bits per heavy atom. The molecule has 1 heterocycles. The van der Waals surface area contributed by atoms with Gasteiger partial charge in [0, 0.05) is 57.6 Å². The van der Waals surface area contributed by atoms with Crippen molar-refractivity contribution in [3.63, 3.8) is 0 Å². The first-order valence-corrected chi connectivity index (χ1v) is 10.4. The van der Waals surface area contributed by atoms with Gasteiger partial charge in [0.15, 0.2) is 0 Å². The van der Waals surface area contributed by atoms with Gasteiger partial charge in [-0.1, -0.05) is 52.0 Å². The van der Waals surface area contributed by atoms with Crippen molar-refractivity contribution in [1.29, 1.82) is 0 Å². The van der Waals surface area contributed by atoms with E-state index in [0.29, 0.717) is 19.5 Å². The number of hydrogen-bond donors (Lipinski definition) is 2. The highest BCUT2D eigenvalue weighted by atomic mass is 16.2. The van der Waals surface area contributed by atoms with Gasteiger partial charge in [-0.2, -0.15) is 0 Å². The third-order valence-electron chi connectivity index (χ3n) is 5.22. The number of carbonyl (C=O) groups is 2. The van der Waals surface area contributed by atoms with Crippen LogP contribution in [0.15, 0.2) is 24.3 Å². The maximum absolute atomic E-state index is 12.1. The number of nitrogens with zero attached hydrogens (tertiary/aromatic N) is 2. The third-order valence-corrected chi connectivity index (χ3v) is 5.22. The molecular formula is C22H36N4O2. The molecule has 0 aliphatic carbocycles. The zero-order chi connectivity index (χ0) is 20.6. The molecule has 0 radical (unpaired) electrons. The molecule has 6 nitrogen and oxygen atoms in total. The van der Waals surface area contributed by atoms with Crippen molar-refractivity contribution < 1.29 is 9.59 Å². The van der Waals surface area contributed by atoms with Crippen molar-refractivity contribution in [2.24, 2.45) is 5.41 Å². The molecule has 0 unspecified atom stereocenters. The number of amides is 2. The number of hydrogen-bond acceptors (Lipinski definition) is 4. The summed E-state index contributed by atoms with van der Waals surface area (Å²) in [6, 6.07) is 8.31. The standard InChI is InChI=1S/C22H36N4O2/c1-5-25-12-14-26(15-13-25)17-19-9-7-6-8-18(19)16-24-20(27)10-11-23-21(28)22(2,3)4/h6-9H,5,10-17H2,1-4H3,(H,23,28)(H,24,27). The molecule has 1 fully saturated rings. The van der Waals surface area contributed by atoms with Gasteiger partial charge in [-0.15, -0.1) is 0 Å². The van der Waals surface area contributed by atoms with Gasteiger partial charge in [0.2, 0.25) is 11.8 Å². The maximum Gasteiger partial charge on any atom is 0.225 e. The molecule has 1 aliphatic rings. The summed E-state index contributed by atoms with van der Waals surface area (Å²) in [6.07, 6.45) is 0.295. The summed E-state index contributed by atoms with van der Waals surface area (Å²) in [6.45, 7) is 15.1. The quantitative estimate of drug-likeness (QED) is 0.715. The van der Waals surface area contributed by atoms with Crippen LogP contribution in [0.25, 0.3) is 0 Å². The lowest BCUT2D eigenvalue weighted by Gasteiger charge is -2.34. The van der Waals surface area contributed by atoms with E-state index in [-0.39, 0.29) is 11.8 Å². The van der Waals surface area contributed by atoms with Crippen molar-refractivity contribution in [3.05, 3.63) is 35.4 Å². The van der Waals surface area contributed by atoms with Crippen molar-refractivity contribution in [1.82, 2.24) is 20.4 Å². The van der Waals surface area contributed by atoms with Crippen molar-refractivity contribution in [2.75, 3.05) is 39.3 Å². The lowest BCUT2D eigenvalue weighted by Crippen LogP contribution is -2.45. The largest absolute Gasteiger partial charge is 0.355 e. The molecule has 1 saturated heterocycles. The first-order chi connectivity index (χ1) is 13.3. The van der Waals surface area contributed by atoms with Crippen molar-refractivity contribution in [3.8, 4) is 0 Å². The van der Waals surface area contributed by atoms with Crippen LogP contribution in [0.3, 0.4) is 0 Å². The lowest BCUT2D eigenvalue weighted by atomic mass is 9.96. The van der Waals surface area contributed by atoms with Gasteiger partial charge >= 0.3 is 0 Å². The summed E-state index contributed by atoms with van der Waals surface area (Å²) in [7, 11) is 0. The van der Waals surface area contributed by atoms with Gasteiger partial charge in [0.05, 0.1) is 0 Å². The predicted octanol–water partition coefficient (Wildman–Crippen LogP) is 1.99. The van der Waals surface area contributed by atoms with Crippen LogP contribution in [0.4, 0.5) is 0 Å². The molecule has 6 heteroatoms. The van der Waals surface area contributed by atoms with E-state index >= 15 is 0 Å². The molecule has 0 spiro atoms. The van der Waals surface area contributed by atoms with E-state index in [1.165, 1.54) is 5.56 Å². The van der Waals surface area contributed by atoms with Crippen LogP contribution in [-0.2, 0) is 22.7 Å². The van der Waals surface area contributed by atoms with Gasteiger partial charge in [0.25, 0.3) is 0 Å². The summed E-state index contributed by atoms with van der Waals surface area (Å²) in [5.74, 6) is -0.0746. The van der Waals surface area contributed by atoms with Gasteiger partial charge in [-0.25, -0.2) is 0 Å². The monoisotopic (exact) mass is 388 g/mol. The Labute approximate surface area is 169 Å². The molecule has 0 aromatic heterocycles. The second-order valence-electron chi connectivity index (χ2n) is 8.51. The van der Waals surface area contributed by atoms with E-state index < -0.39 is 5.41 Å². The molecule has 1 aliphatic heterocycles. The summed E-state index contributed by atoms with van der Waals surface area (Å²) in [5.41, 5.74) is 2.00. The normalized spacial score (nSPS) is 16.0. The summed E-state index contributed by atoms with van der Waals surface area (Å²) < 4.78 is 0. The van der Waals surface area contributed by atoms with Gasteiger partial charge in [-0.3, -0.25) is 14.5 Å². The number of nitrogens with one attached hydrogen (secondary N) is 2. The lowest BCUT2D eigenvalue weighted by molar-refractivity contribution is -0.128. The van der Waals surface area contributed by atoms with E-state index in [1.54, 1.807) is 0 Å². The summed E-state index contributed by atoms with van der Waals surface area (Å²) in [4.78, 5) is 28.9. The molecule has 0 saturated carbocycles. The number of carbonyl (C=O) groups excluding carboxylic acids is 2. The predicted molar refractivity (Wildman–Crippen MR) is 113 cm³/mol. The fourth-order valence-corrected chi connectivity index (χ4v) is 3.23. The smallest absolute Gasteiger partial charge is 0.225 e. The Hall–Kier alpha value is -1.92. The minimum Gasteiger partial charge on any atom is -0.355 e. The van der Waals surface area contributed by atoms with Crippen LogP contribution in [0.2, 0.25) is 0 Å². The Kier molecular flexibility index (Phi) is 8.45. The average Bonchev–Trinajstić information content (AvgIpc) is 2.67. The molecule has 2 N–H and O–H groups in total. The fraction of sp³-hybridized carbons (Fsp3) is 0.636. The topological polar surface area (TPSA) is 64.7 Å². The van der Waals surface area contributed by atoms with Gasteiger partial charge in [0.1, 0.15) is 0 Å². The molecule has 1 aromatic rings. The summed E-state index contributed by atoms with van der Waals surface area (Å²) in [5, 5.41) is 5.80. The van der Waals surface area contributed by atoms with Crippen molar-refractivity contribution in [2.45, 2.75) is 47.2 Å². The molecule has 0 atom stereocenters. The Morgan fingerprint density at radius 3 is 2.18 bits per heavy atom. The van der Waals surface area contributed by atoms with Gasteiger partial charge in [-0.05, 0) is 17.7 Å². The first kappa shape index (κ1) is 22.4. The molecule has 0 bridgehead atoms. The molecule has 28 heavy (non-hydrogen) atoms. The highest BCUT2D eigenvalue weighted by molar-refractivity contribution is 5.82. The van der Waals surface area contributed by atoms with Crippen LogP contribution in [-0.4, -0.2) is 60.9 Å². The minimum absolute atomic E-state index is 0.0335. The van der Waals surface area contributed by atoms with E-state index in [9.17, 15) is 9.59 Å². The fourth-order valence-electron chi connectivity index (χ4n) is 3.23. The van der Waals surface area contributed by atoms with Crippen molar-refractivity contribution >= 4 is 11.8 Å². The highest BCUT2D eigenvalue weighted by Crippen LogP contribution is 2.14. The molecule has 1 aromatic carbocycles. The molecular weight excluding hydrogens is 352 g/mol. The number of piperazine rings is 1. The Balaban J connectivity index is 1.78. The second kappa shape index (κ2) is 10.6. The highest BCUT2D eigenvalue weighted by Gasteiger charge is 2.20. The molecule has 2 amide bonds. The number of benzene rings is 1. The second-order valence-corrected chi connectivity index (χ2v) is 8.51. The van der Waals surface area contributed by atoms with Crippen LogP contribution in [0, 0.1) is 5.41 Å². The van der Waals surface area contributed by atoms with Crippen LogP contribution in [0.1, 0.15) is 45.2 Å². The van der Waals surface area contributed by atoms with Crippen LogP contribution in [0.5, 0.6) is 0 Å². The van der Waals surface area contributed by atoms with E-state index in [1.807, 2.05) is 26.8 Å². The average molecular weight is 389 g/mol. The third kappa shape index (κ3) is 7.24. The minimum atomic E-state index is -0.433. The number of likely N-dealkylation sites (N-methyl/N-ethyl adjacent to an activating group) is 1. The van der Waals surface area contributed by atoms with E-state index in [0.717, 1.165) is 44.8 Å². The first-order valence-electron chi connectivity index (χ1n) is 10.4. The SMILES string of the molecule is CCN1CCN(Cc2ccccc2CNC(=O)CCNC(=O)C(C)(C)C)CC1. The maximum atomic E-state index is 12.1. The van der Waals surface area contributed by atoms with Crippen LogP contribution < -0.4 is 10.6 Å². The molecule has 156 valence electrons. The Morgan fingerprint density at radius 1 is 0.964 bits per heavy atom. The number of rotatable bonds is 8.